The number of carboxylic acids is 2. The van der Waals surface area contributed by atoms with Gasteiger partial charge in [-0.05, 0) is 23.6 Å². The number of hydrogen-bond acceptors (Lipinski definition) is 4. The molecule has 1 fully saturated rings. The topological polar surface area (TPSA) is 99.0 Å². The summed E-state index contributed by atoms with van der Waals surface area (Å²) in [6.07, 6.45) is 6.60. The van der Waals surface area contributed by atoms with E-state index >= 15 is 0 Å². The number of hydrogen-bond donors (Lipinski definition) is 3. The number of nitrogens with zero attached hydrogens (tertiary/aromatic N) is 1. The van der Waals surface area contributed by atoms with Gasteiger partial charge in [0, 0.05) is 6.42 Å². The van der Waals surface area contributed by atoms with Crippen LogP contribution in [0.25, 0.3) is 0 Å². The van der Waals surface area contributed by atoms with Crippen LogP contribution in [0.5, 0.6) is 0 Å². The second-order valence-electron chi connectivity index (χ2n) is 4.67. The van der Waals surface area contributed by atoms with Gasteiger partial charge in [-0.2, -0.15) is 0 Å². The van der Waals surface area contributed by atoms with Gasteiger partial charge in [-0.3, -0.25) is 19.9 Å². The standard InChI is InChI=1S/C13H12N2O4/c16-12(17)9-5-7-6-3-1-2-4-8(6)14-10(7)11(15-9)13(18)19/h1-2,4,9,11,15H,3,5H2,(H,16,17)(H,18,19). The van der Waals surface area contributed by atoms with Crippen LogP contribution in [0.2, 0.25) is 0 Å². The molecule has 2 atom stereocenters. The minimum absolute atomic E-state index is 0.276. The zero-order valence-corrected chi connectivity index (χ0v) is 9.96. The van der Waals surface area contributed by atoms with Gasteiger partial charge in [0.05, 0.1) is 11.4 Å². The highest BCUT2D eigenvalue weighted by molar-refractivity contribution is 6.18. The lowest BCUT2D eigenvalue weighted by atomic mass is 9.87. The van der Waals surface area contributed by atoms with Crippen LogP contribution in [0.4, 0.5) is 0 Å². The van der Waals surface area contributed by atoms with E-state index in [1.165, 1.54) is 0 Å². The highest BCUT2D eigenvalue weighted by Gasteiger charge is 2.41. The summed E-state index contributed by atoms with van der Waals surface area (Å²) in [4.78, 5) is 26.7. The average molecular weight is 260 g/mol. The fraction of sp³-hybridized carbons (Fsp3) is 0.308. The third-order valence-corrected chi connectivity index (χ3v) is 3.53. The molecular formula is C13H12N2O4. The molecule has 1 saturated heterocycles. The summed E-state index contributed by atoms with van der Waals surface area (Å²) in [7, 11) is 0. The number of allylic oxidation sites excluding steroid dienone is 4. The Bertz CT molecular complexity index is 598. The lowest BCUT2D eigenvalue weighted by Crippen LogP contribution is -2.55. The molecule has 0 amide bonds. The van der Waals surface area contributed by atoms with Crippen molar-refractivity contribution in [2.45, 2.75) is 24.9 Å². The number of fused-ring (bicyclic) bond motifs is 2. The van der Waals surface area contributed by atoms with Crippen molar-refractivity contribution in [2.75, 3.05) is 0 Å². The van der Waals surface area contributed by atoms with Gasteiger partial charge in [-0.1, -0.05) is 12.2 Å². The van der Waals surface area contributed by atoms with E-state index in [1.807, 2.05) is 18.2 Å². The van der Waals surface area contributed by atoms with Crippen molar-refractivity contribution in [3.8, 4) is 0 Å². The molecule has 3 aliphatic rings. The molecule has 1 aliphatic carbocycles. The van der Waals surface area contributed by atoms with Gasteiger partial charge >= 0.3 is 11.9 Å². The molecule has 0 spiro atoms. The summed E-state index contributed by atoms with van der Waals surface area (Å²) >= 11 is 0. The molecule has 0 aromatic rings. The summed E-state index contributed by atoms with van der Waals surface area (Å²) < 4.78 is 0. The van der Waals surface area contributed by atoms with E-state index in [2.05, 4.69) is 10.3 Å². The number of rotatable bonds is 2. The van der Waals surface area contributed by atoms with E-state index in [1.54, 1.807) is 0 Å². The SMILES string of the molecule is O=C(O)C1CC2=C3CC=CC=C3N=C2C(C(=O)O)N1. The maximum absolute atomic E-state index is 11.3. The van der Waals surface area contributed by atoms with Gasteiger partial charge < -0.3 is 10.2 Å². The normalized spacial score (nSPS) is 28.4. The van der Waals surface area contributed by atoms with Crippen molar-refractivity contribution in [3.63, 3.8) is 0 Å². The summed E-state index contributed by atoms with van der Waals surface area (Å²) in [5.74, 6) is -2.14. The molecule has 0 saturated carbocycles. The fourth-order valence-electron chi connectivity index (χ4n) is 2.64. The second kappa shape index (κ2) is 4.17. The number of piperidine rings is 1. The van der Waals surface area contributed by atoms with Gasteiger partial charge in [0.15, 0.2) is 0 Å². The van der Waals surface area contributed by atoms with Gasteiger partial charge in [0.1, 0.15) is 12.1 Å². The van der Waals surface area contributed by atoms with Crippen molar-refractivity contribution in [1.29, 1.82) is 0 Å². The first-order valence-electron chi connectivity index (χ1n) is 5.97. The van der Waals surface area contributed by atoms with Crippen LogP contribution in [0.1, 0.15) is 12.8 Å². The first-order valence-corrected chi connectivity index (χ1v) is 5.97. The molecular weight excluding hydrogens is 248 g/mol. The van der Waals surface area contributed by atoms with Crippen molar-refractivity contribution in [3.05, 3.63) is 35.1 Å². The molecule has 0 bridgehead atoms. The number of aliphatic carboxylic acids is 2. The van der Waals surface area contributed by atoms with Gasteiger partial charge in [0.2, 0.25) is 0 Å². The molecule has 2 aliphatic heterocycles. The Balaban J connectivity index is 2.06. The van der Waals surface area contributed by atoms with Crippen LogP contribution in [0, 0.1) is 0 Å². The zero-order valence-electron chi connectivity index (χ0n) is 9.96. The van der Waals surface area contributed by atoms with Crippen LogP contribution >= 0.6 is 0 Å². The summed E-state index contributed by atoms with van der Waals surface area (Å²) in [6, 6.07) is -1.93. The number of carbonyl (C=O) groups is 2. The third kappa shape index (κ3) is 1.80. The molecule has 19 heavy (non-hydrogen) atoms. The first-order chi connectivity index (χ1) is 9.08. The lowest BCUT2D eigenvalue weighted by Gasteiger charge is -2.28. The third-order valence-electron chi connectivity index (χ3n) is 3.53. The minimum atomic E-state index is -1.10. The molecule has 3 rings (SSSR count). The van der Waals surface area contributed by atoms with Gasteiger partial charge in [-0.15, -0.1) is 0 Å². The number of carboxylic acid groups (broad SMARTS) is 2. The zero-order chi connectivity index (χ0) is 13.6. The minimum Gasteiger partial charge on any atom is -0.480 e. The first kappa shape index (κ1) is 11.9. The second-order valence-corrected chi connectivity index (χ2v) is 4.67. The van der Waals surface area contributed by atoms with Crippen LogP contribution in [-0.4, -0.2) is 39.9 Å². The molecule has 98 valence electrons. The van der Waals surface area contributed by atoms with Gasteiger partial charge in [0.25, 0.3) is 0 Å². The van der Waals surface area contributed by atoms with E-state index in [9.17, 15) is 14.7 Å². The smallest absolute Gasteiger partial charge is 0.327 e. The Morgan fingerprint density at radius 3 is 2.74 bits per heavy atom. The molecule has 0 aromatic heterocycles. The molecule has 3 N–H and O–H groups in total. The predicted molar refractivity (Wildman–Crippen MR) is 66.9 cm³/mol. The van der Waals surface area contributed by atoms with Crippen molar-refractivity contribution < 1.29 is 19.8 Å². The van der Waals surface area contributed by atoms with E-state index in [0.29, 0.717) is 12.1 Å². The molecule has 6 heteroatoms. The average Bonchev–Trinajstić information content (AvgIpc) is 2.75. The predicted octanol–water partition coefficient (Wildman–Crippen LogP) is 0.481. The highest BCUT2D eigenvalue weighted by atomic mass is 16.4. The molecule has 0 aromatic carbocycles. The Kier molecular flexibility index (Phi) is 2.60. The Morgan fingerprint density at radius 1 is 1.26 bits per heavy atom. The van der Waals surface area contributed by atoms with E-state index < -0.39 is 24.0 Å². The maximum Gasteiger partial charge on any atom is 0.327 e. The van der Waals surface area contributed by atoms with Crippen molar-refractivity contribution in [2.24, 2.45) is 4.99 Å². The van der Waals surface area contributed by atoms with Gasteiger partial charge in [-0.25, -0.2) is 0 Å². The molecule has 2 unspecified atom stereocenters. The molecule has 2 heterocycles. The van der Waals surface area contributed by atoms with Crippen LogP contribution in [0.15, 0.2) is 40.1 Å². The quantitative estimate of drug-likeness (QED) is 0.670. The Hall–Kier alpha value is -2.21. The van der Waals surface area contributed by atoms with Crippen molar-refractivity contribution >= 4 is 17.7 Å². The molecule has 0 radical (unpaired) electrons. The Labute approximate surface area is 108 Å². The lowest BCUT2D eigenvalue weighted by molar-refractivity contribution is -0.141. The van der Waals surface area contributed by atoms with Crippen molar-refractivity contribution in [1.82, 2.24) is 5.32 Å². The Morgan fingerprint density at radius 2 is 2.05 bits per heavy atom. The largest absolute Gasteiger partial charge is 0.480 e. The van der Waals surface area contributed by atoms with E-state index in [4.69, 9.17) is 5.11 Å². The monoisotopic (exact) mass is 260 g/mol. The summed E-state index contributed by atoms with van der Waals surface area (Å²) in [5, 5.41) is 21.0. The van der Waals surface area contributed by atoms with Crippen LogP contribution < -0.4 is 5.32 Å². The fourth-order valence-corrected chi connectivity index (χ4v) is 2.64. The van der Waals surface area contributed by atoms with E-state index in [0.717, 1.165) is 16.8 Å². The summed E-state index contributed by atoms with van der Waals surface area (Å²) in [6.45, 7) is 0. The maximum atomic E-state index is 11.3. The highest BCUT2D eigenvalue weighted by Crippen LogP contribution is 2.36. The number of nitrogens with one attached hydrogen (secondary N) is 1. The van der Waals surface area contributed by atoms with Crippen LogP contribution in [-0.2, 0) is 9.59 Å². The van der Waals surface area contributed by atoms with E-state index in [-0.39, 0.29) is 6.42 Å². The van der Waals surface area contributed by atoms with Crippen LogP contribution in [0.3, 0.4) is 0 Å². The number of aliphatic imine (C=N–C) groups is 1. The summed E-state index contributed by atoms with van der Waals surface area (Å²) in [5.41, 5.74) is 2.94. The molecule has 6 nitrogen and oxygen atoms in total.